The van der Waals surface area contributed by atoms with Gasteiger partial charge in [0.15, 0.2) is 0 Å². The molecule has 3 rings (SSSR count). The minimum atomic E-state index is -0.0823. The van der Waals surface area contributed by atoms with Gasteiger partial charge in [0.25, 0.3) is 5.91 Å². The van der Waals surface area contributed by atoms with Crippen LogP contribution in [-0.2, 0) is 4.79 Å². The summed E-state index contributed by atoms with van der Waals surface area (Å²) < 4.78 is 12.0. The van der Waals surface area contributed by atoms with Crippen LogP contribution in [0.15, 0.2) is 60.0 Å². The van der Waals surface area contributed by atoms with Gasteiger partial charge in [-0.25, -0.2) is 0 Å². The summed E-state index contributed by atoms with van der Waals surface area (Å²) in [5.74, 6) is 1.49. The number of halogens is 1. The van der Waals surface area contributed by atoms with Gasteiger partial charge in [-0.1, -0.05) is 53.8 Å². The first-order valence-corrected chi connectivity index (χ1v) is 11.1. The van der Waals surface area contributed by atoms with Crippen molar-refractivity contribution in [2.75, 3.05) is 19.8 Å². The molecule has 4 nitrogen and oxygen atoms in total. The quantitative estimate of drug-likeness (QED) is 0.202. The number of thioether (sulfide) groups is 1. The summed E-state index contributed by atoms with van der Waals surface area (Å²) in [6.07, 6.45) is 4.27. The molecule has 0 aromatic heterocycles. The fourth-order valence-corrected chi connectivity index (χ4v) is 4.14. The lowest BCUT2D eigenvalue weighted by molar-refractivity contribution is -0.121. The van der Waals surface area contributed by atoms with Crippen LogP contribution >= 0.6 is 35.6 Å². The van der Waals surface area contributed by atoms with E-state index in [1.807, 2.05) is 55.5 Å². The van der Waals surface area contributed by atoms with Crippen LogP contribution in [0.4, 0.5) is 0 Å². The number of aryl methyl sites for hydroxylation is 1. The second-order valence-electron chi connectivity index (χ2n) is 6.61. The minimum absolute atomic E-state index is 0.0823. The van der Waals surface area contributed by atoms with E-state index in [2.05, 4.69) is 6.58 Å². The Labute approximate surface area is 191 Å². The lowest BCUT2D eigenvalue weighted by atomic mass is 10.2. The second kappa shape index (κ2) is 10.7. The molecule has 0 unspecified atom stereocenters. The number of hydrogen-bond donors (Lipinski definition) is 0. The normalized spacial score (nSPS) is 15.0. The number of thiocarbonyl (C=S) groups is 1. The van der Waals surface area contributed by atoms with Crippen LogP contribution < -0.4 is 9.47 Å². The zero-order valence-corrected chi connectivity index (χ0v) is 19.0. The number of carbonyl (C=O) groups is 1. The number of carbonyl (C=O) groups excluding carboxylic acids is 1. The van der Waals surface area contributed by atoms with Crippen LogP contribution in [0.25, 0.3) is 6.08 Å². The Bertz CT molecular complexity index is 973. The highest BCUT2D eigenvalue weighted by atomic mass is 35.5. The summed E-state index contributed by atoms with van der Waals surface area (Å²) >= 11 is 12.6. The van der Waals surface area contributed by atoms with E-state index in [1.54, 1.807) is 11.0 Å². The molecule has 1 aliphatic heterocycles. The molecule has 0 radical (unpaired) electrons. The van der Waals surface area contributed by atoms with Crippen LogP contribution in [0.2, 0.25) is 5.02 Å². The molecule has 0 atom stereocenters. The predicted octanol–water partition coefficient (Wildman–Crippen LogP) is 5.88. The van der Waals surface area contributed by atoms with Gasteiger partial charge in [0, 0.05) is 18.0 Å². The lowest BCUT2D eigenvalue weighted by Gasteiger charge is -2.10. The molecule has 2 aromatic rings. The third kappa shape index (κ3) is 5.88. The summed E-state index contributed by atoms with van der Waals surface area (Å²) in [7, 11) is 0. The molecule has 1 amide bonds. The van der Waals surface area contributed by atoms with Gasteiger partial charge in [0.2, 0.25) is 0 Å². The molecule has 0 saturated carbocycles. The Morgan fingerprint density at radius 1 is 1.13 bits per heavy atom. The maximum absolute atomic E-state index is 12.4. The standard InChI is InChI=1S/C23H22ClNO3S2/c1-3-11-25-22(26)21(30-23(25)29)15-17-5-7-18(8-6-17)27-12-4-13-28-19-9-10-20(24)16(2)14-19/h3,5-10,14-15H,1,4,11-13H2,2H3. The van der Waals surface area contributed by atoms with Gasteiger partial charge in [-0.3, -0.25) is 9.69 Å². The zero-order chi connectivity index (χ0) is 21.5. The Morgan fingerprint density at radius 2 is 1.80 bits per heavy atom. The molecule has 1 heterocycles. The molecule has 1 fully saturated rings. The number of nitrogens with zero attached hydrogens (tertiary/aromatic N) is 1. The fourth-order valence-electron chi connectivity index (χ4n) is 2.74. The van der Waals surface area contributed by atoms with E-state index in [0.717, 1.165) is 34.1 Å². The van der Waals surface area contributed by atoms with Gasteiger partial charge in [-0.05, 0) is 54.5 Å². The third-order valence-electron chi connectivity index (χ3n) is 4.32. The van der Waals surface area contributed by atoms with Crippen molar-refractivity contribution in [3.63, 3.8) is 0 Å². The first kappa shape index (κ1) is 22.4. The molecule has 156 valence electrons. The first-order chi connectivity index (χ1) is 14.5. The SMILES string of the molecule is C=CCN1C(=O)C(=Cc2ccc(OCCCOc3ccc(Cl)c(C)c3)cc2)SC1=S. The molecule has 0 spiro atoms. The summed E-state index contributed by atoms with van der Waals surface area (Å²) in [6.45, 7) is 7.15. The summed E-state index contributed by atoms with van der Waals surface area (Å²) in [5.41, 5.74) is 1.91. The summed E-state index contributed by atoms with van der Waals surface area (Å²) in [5, 5.41) is 0.734. The van der Waals surface area contributed by atoms with Crippen LogP contribution in [0.3, 0.4) is 0 Å². The lowest BCUT2D eigenvalue weighted by Crippen LogP contribution is -2.27. The van der Waals surface area contributed by atoms with Crippen LogP contribution in [-0.4, -0.2) is 34.9 Å². The predicted molar refractivity (Wildman–Crippen MR) is 128 cm³/mol. The Hall–Kier alpha value is -2.28. The maximum Gasteiger partial charge on any atom is 0.266 e. The van der Waals surface area contributed by atoms with E-state index in [1.165, 1.54) is 11.8 Å². The van der Waals surface area contributed by atoms with Gasteiger partial charge in [-0.2, -0.15) is 0 Å². The summed E-state index contributed by atoms with van der Waals surface area (Å²) in [4.78, 5) is 14.5. The van der Waals surface area contributed by atoms with Crippen molar-refractivity contribution >= 4 is 51.9 Å². The van der Waals surface area contributed by atoms with Crippen LogP contribution in [0, 0.1) is 6.92 Å². The molecule has 1 saturated heterocycles. The molecule has 1 aliphatic rings. The Morgan fingerprint density at radius 3 is 2.47 bits per heavy atom. The number of ether oxygens (including phenoxy) is 2. The molecular formula is C23H22ClNO3S2. The topological polar surface area (TPSA) is 38.8 Å². The van der Waals surface area contributed by atoms with Gasteiger partial charge in [-0.15, -0.1) is 6.58 Å². The molecule has 0 bridgehead atoms. The van der Waals surface area contributed by atoms with Crippen LogP contribution in [0.1, 0.15) is 17.5 Å². The van der Waals surface area contributed by atoms with Crippen molar-refractivity contribution in [2.24, 2.45) is 0 Å². The van der Waals surface area contributed by atoms with E-state index in [-0.39, 0.29) is 5.91 Å². The van der Waals surface area contributed by atoms with Crippen molar-refractivity contribution in [1.29, 1.82) is 0 Å². The van der Waals surface area contributed by atoms with Crippen LogP contribution in [0.5, 0.6) is 11.5 Å². The molecule has 30 heavy (non-hydrogen) atoms. The fraction of sp³-hybridized carbons (Fsp3) is 0.217. The third-order valence-corrected chi connectivity index (χ3v) is 6.12. The van der Waals surface area contributed by atoms with Gasteiger partial charge >= 0.3 is 0 Å². The van der Waals surface area contributed by atoms with Gasteiger partial charge in [0.1, 0.15) is 15.8 Å². The molecule has 0 aliphatic carbocycles. The number of amides is 1. The zero-order valence-electron chi connectivity index (χ0n) is 16.6. The highest BCUT2D eigenvalue weighted by Gasteiger charge is 2.30. The highest BCUT2D eigenvalue weighted by Crippen LogP contribution is 2.32. The molecule has 2 aromatic carbocycles. The van der Waals surface area contributed by atoms with E-state index in [9.17, 15) is 4.79 Å². The van der Waals surface area contributed by atoms with Crippen molar-refractivity contribution in [3.8, 4) is 11.5 Å². The summed E-state index contributed by atoms with van der Waals surface area (Å²) in [6, 6.07) is 13.2. The van der Waals surface area contributed by atoms with Crippen molar-refractivity contribution < 1.29 is 14.3 Å². The maximum atomic E-state index is 12.4. The van der Waals surface area contributed by atoms with E-state index in [0.29, 0.717) is 29.0 Å². The van der Waals surface area contributed by atoms with Crippen molar-refractivity contribution in [1.82, 2.24) is 4.90 Å². The molecule has 7 heteroatoms. The number of benzene rings is 2. The molecule has 0 N–H and O–H groups in total. The monoisotopic (exact) mass is 459 g/mol. The van der Waals surface area contributed by atoms with E-state index >= 15 is 0 Å². The second-order valence-corrected chi connectivity index (χ2v) is 8.69. The van der Waals surface area contributed by atoms with Gasteiger partial charge in [0.05, 0.1) is 18.1 Å². The average Bonchev–Trinajstić information content (AvgIpc) is 2.99. The van der Waals surface area contributed by atoms with E-state index < -0.39 is 0 Å². The Kier molecular flexibility index (Phi) is 7.96. The van der Waals surface area contributed by atoms with Crippen molar-refractivity contribution in [2.45, 2.75) is 13.3 Å². The van der Waals surface area contributed by atoms with E-state index in [4.69, 9.17) is 33.3 Å². The van der Waals surface area contributed by atoms with Gasteiger partial charge < -0.3 is 9.47 Å². The molecular weight excluding hydrogens is 438 g/mol. The minimum Gasteiger partial charge on any atom is -0.493 e. The largest absolute Gasteiger partial charge is 0.493 e. The highest BCUT2D eigenvalue weighted by molar-refractivity contribution is 8.26. The number of hydrogen-bond acceptors (Lipinski definition) is 5. The average molecular weight is 460 g/mol. The Balaban J connectivity index is 1.45. The van der Waals surface area contributed by atoms with Crippen molar-refractivity contribution in [3.05, 3.63) is 76.2 Å². The smallest absolute Gasteiger partial charge is 0.266 e. The number of rotatable bonds is 9. The first-order valence-electron chi connectivity index (χ1n) is 9.46.